The van der Waals surface area contributed by atoms with Crippen molar-refractivity contribution in [3.8, 4) is 0 Å². The van der Waals surface area contributed by atoms with Gasteiger partial charge >= 0.3 is 0 Å². The number of aliphatic carboxylic acids is 2. The van der Waals surface area contributed by atoms with Gasteiger partial charge in [-0.2, -0.15) is 0 Å². The molecule has 0 aromatic heterocycles. The molecule has 2 atom stereocenters. The number of carboxylic acids is 2. The van der Waals surface area contributed by atoms with E-state index < -0.39 is 23.5 Å². The zero-order valence-corrected chi connectivity index (χ0v) is 10.4. The molecule has 1 N–H and O–H groups in total. The van der Waals surface area contributed by atoms with Gasteiger partial charge in [-0.05, 0) is 12.8 Å². The number of aliphatic hydroxyl groups is 1. The second kappa shape index (κ2) is 7.27. The highest BCUT2D eigenvalue weighted by Gasteiger charge is 2.38. The van der Waals surface area contributed by atoms with Crippen LogP contribution in [0.4, 0.5) is 0 Å². The number of hydrogen-bond acceptors (Lipinski definition) is 5. The molecule has 0 aliphatic rings. The number of carbonyl (C=O) groups is 2. The van der Waals surface area contributed by atoms with E-state index in [1.165, 1.54) is 0 Å². The SMILES string of the molecule is CCCCC(C(=O)[O-])C(O)(CCCC)C(=O)[O-]. The van der Waals surface area contributed by atoms with Crippen molar-refractivity contribution in [1.29, 1.82) is 0 Å². The maximum absolute atomic E-state index is 11.0. The van der Waals surface area contributed by atoms with Crippen LogP contribution in [-0.4, -0.2) is 22.6 Å². The quantitative estimate of drug-likeness (QED) is 0.573. The molecule has 0 aliphatic heterocycles. The summed E-state index contributed by atoms with van der Waals surface area (Å²) >= 11 is 0. The summed E-state index contributed by atoms with van der Waals surface area (Å²) in [6, 6.07) is 0. The average molecular weight is 244 g/mol. The number of hydrogen-bond donors (Lipinski definition) is 1. The first-order valence-corrected chi connectivity index (χ1v) is 6.04. The summed E-state index contributed by atoms with van der Waals surface area (Å²) < 4.78 is 0. The normalized spacial score (nSPS) is 16.2. The highest BCUT2D eigenvalue weighted by atomic mass is 16.4. The van der Waals surface area contributed by atoms with Gasteiger partial charge in [0.05, 0.1) is 5.97 Å². The molecule has 0 heterocycles. The largest absolute Gasteiger partial charge is 0.550 e. The molecule has 100 valence electrons. The van der Waals surface area contributed by atoms with E-state index in [0.29, 0.717) is 19.3 Å². The van der Waals surface area contributed by atoms with Crippen molar-refractivity contribution >= 4 is 11.9 Å². The van der Waals surface area contributed by atoms with Crippen LogP contribution in [0.3, 0.4) is 0 Å². The summed E-state index contributed by atoms with van der Waals surface area (Å²) in [6.07, 6.45) is 2.33. The minimum atomic E-state index is -2.32. The lowest BCUT2D eigenvalue weighted by Gasteiger charge is -2.37. The van der Waals surface area contributed by atoms with Gasteiger partial charge in [0.25, 0.3) is 0 Å². The molecule has 5 nitrogen and oxygen atoms in total. The van der Waals surface area contributed by atoms with Crippen LogP contribution < -0.4 is 10.2 Å². The summed E-state index contributed by atoms with van der Waals surface area (Å²) in [4.78, 5) is 21.9. The third-order valence-corrected chi connectivity index (χ3v) is 2.97. The molecule has 17 heavy (non-hydrogen) atoms. The fourth-order valence-electron chi connectivity index (χ4n) is 1.82. The van der Waals surface area contributed by atoms with E-state index in [-0.39, 0.29) is 12.8 Å². The summed E-state index contributed by atoms with van der Waals surface area (Å²) in [5, 5.41) is 31.9. The molecule has 0 saturated carbocycles. The van der Waals surface area contributed by atoms with Crippen LogP contribution in [0.25, 0.3) is 0 Å². The van der Waals surface area contributed by atoms with Crippen molar-refractivity contribution in [2.75, 3.05) is 0 Å². The number of rotatable bonds is 9. The second-order valence-electron chi connectivity index (χ2n) is 4.33. The Balaban J connectivity index is 4.93. The van der Waals surface area contributed by atoms with Crippen molar-refractivity contribution < 1.29 is 24.9 Å². The van der Waals surface area contributed by atoms with Crippen LogP contribution in [-0.2, 0) is 9.59 Å². The van der Waals surface area contributed by atoms with Gasteiger partial charge in [0.1, 0.15) is 5.60 Å². The molecule has 2 unspecified atom stereocenters. The monoisotopic (exact) mass is 244 g/mol. The molecular formula is C12H20O5-2. The minimum Gasteiger partial charge on any atom is -0.550 e. The smallest absolute Gasteiger partial charge is 0.112 e. The molecule has 0 spiro atoms. The highest BCUT2D eigenvalue weighted by Crippen LogP contribution is 2.27. The Hall–Kier alpha value is -1.10. The van der Waals surface area contributed by atoms with Crippen molar-refractivity contribution in [1.82, 2.24) is 0 Å². The molecule has 0 radical (unpaired) electrons. The molecule has 0 bridgehead atoms. The standard InChI is InChI=1S/C12H22O5/c1-3-5-7-9(10(13)14)12(17,11(15)16)8-6-4-2/h9,17H,3-8H2,1-2H3,(H,13,14)(H,15,16)/p-2. The van der Waals surface area contributed by atoms with Crippen molar-refractivity contribution in [3.05, 3.63) is 0 Å². The molecule has 0 aromatic carbocycles. The van der Waals surface area contributed by atoms with Crippen LogP contribution in [0, 0.1) is 5.92 Å². The van der Waals surface area contributed by atoms with Gasteiger partial charge in [0.15, 0.2) is 0 Å². The zero-order valence-electron chi connectivity index (χ0n) is 10.4. The number of unbranched alkanes of at least 4 members (excludes halogenated alkanes) is 2. The van der Waals surface area contributed by atoms with Gasteiger partial charge in [-0.15, -0.1) is 0 Å². The van der Waals surface area contributed by atoms with E-state index in [4.69, 9.17) is 0 Å². The summed E-state index contributed by atoms with van der Waals surface area (Å²) in [5.41, 5.74) is -2.32. The van der Waals surface area contributed by atoms with Gasteiger partial charge < -0.3 is 24.9 Å². The topological polar surface area (TPSA) is 100 Å². The van der Waals surface area contributed by atoms with Gasteiger partial charge in [0, 0.05) is 11.9 Å². The second-order valence-corrected chi connectivity index (χ2v) is 4.33. The maximum atomic E-state index is 11.0. The molecule has 5 heteroatoms. The third kappa shape index (κ3) is 4.34. The lowest BCUT2D eigenvalue weighted by molar-refractivity contribution is -0.342. The maximum Gasteiger partial charge on any atom is 0.112 e. The zero-order chi connectivity index (χ0) is 13.5. The highest BCUT2D eigenvalue weighted by molar-refractivity contribution is 5.83. The van der Waals surface area contributed by atoms with Crippen molar-refractivity contribution in [3.63, 3.8) is 0 Å². The first-order valence-electron chi connectivity index (χ1n) is 6.04. The predicted octanol–water partition coefficient (Wildman–Crippen LogP) is -0.786. The first-order chi connectivity index (χ1) is 7.90. The minimum absolute atomic E-state index is 0.0903. The van der Waals surface area contributed by atoms with Crippen LogP contribution in [0.1, 0.15) is 52.4 Å². The number of carbonyl (C=O) groups excluding carboxylic acids is 2. The van der Waals surface area contributed by atoms with Crippen molar-refractivity contribution in [2.24, 2.45) is 5.92 Å². The predicted molar refractivity (Wildman–Crippen MR) is 57.5 cm³/mol. The van der Waals surface area contributed by atoms with Gasteiger partial charge in [-0.1, -0.05) is 39.5 Å². The van der Waals surface area contributed by atoms with E-state index in [9.17, 15) is 24.9 Å². The molecule has 0 fully saturated rings. The van der Waals surface area contributed by atoms with Gasteiger partial charge in [-0.3, -0.25) is 0 Å². The van der Waals surface area contributed by atoms with E-state index in [1.54, 1.807) is 0 Å². The van der Waals surface area contributed by atoms with Gasteiger partial charge in [-0.25, -0.2) is 0 Å². The summed E-state index contributed by atoms with van der Waals surface area (Å²) in [7, 11) is 0. The molecule has 0 aliphatic carbocycles. The van der Waals surface area contributed by atoms with Crippen LogP contribution >= 0.6 is 0 Å². The lowest BCUT2D eigenvalue weighted by Crippen LogP contribution is -2.58. The van der Waals surface area contributed by atoms with Gasteiger partial charge in [0.2, 0.25) is 0 Å². The fraction of sp³-hybridized carbons (Fsp3) is 0.833. The Labute approximate surface area is 101 Å². The number of carboxylic acid groups (broad SMARTS) is 2. The summed E-state index contributed by atoms with van der Waals surface area (Å²) in [6.45, 7) is 3.69. The van der Waals surface area contributed by atoms with E-state index in [0.717, 1.165) is 6.42 Å². The summed E-state index contributed by atoms with van der Waals surface area (Å²) in [5.74, 6) is -4.66. The third-order valence-electron chi connectivity index (χ3n) is 2.97. The van der Waals surface area contributed by atoms with Crippen LogP contribution in [0.15, 0.2) is 0 Å². The van der Waals surface area contributed by atoms with Crippen molar-refractivity contribution in [2.45, 2.75) is 58.0 Å². The molecule has 0 amide bonds. The Kier molecular flexibility index (Phi) is 6.80. The van der Waals surface area contributed by atoms with Crippen LogP contribution in [0.5, 0.6) is 0 Å². The van der Waals surface area contributed by atoms with E-state index in [2.05, 4.69) is 0 Å². The molecule has 0 saturated heterocycles. The van der Waals surface area contributed by atoms with Crippen LogP contribution in [0.2, 0.25) is 0 Å². The molecule has 0 rings (SSSR count). The van der Waals surface area contributed by atoms with E-state index in [1.807, 2.05) is 13.8 Å². The Morgan fingerprint density at radius 3 is 2.06 bits per heavy atom. The molecule has 0 aromatic rings. The Morgan fingerprint density at radius 2 is 1.71 bits per heavy atom. The fourth-order valence-corrected chi connectivity index (χ4v) is 1.82. The average Bonchev–Trinajstić information content (AvgIpc) is 2.26. The molecular weight excluding hydrogens is 224 g/mol. The Morgan fingerprint density at radius 1 is 1.18 bits per heavy atom. The Bertz CT molecular complexity index is 264. The van der Waals surface area contributed by atoms with E-state index >= 15 is 0 Å². The lowest BCUT2D eigenvalue weighted by atomic mass is 9.80. The first kappa shape index (κ1) is 15.9.